The van der Waals surface area contributed by atoms with Gasteiger partial charge in [0, 0.05) is 37.9 Å². The van der Waals surface area contributed by atoms with Crippen LogP contribution in [0.1, 0.15) is 48.5 Å². The van der Waals surface area contributed by atoms with Crippen LogP contribution in [0.4, 0.5) is 5.69 Å². The molecule has 0 radical (unpaired) electrons. The van der Waals surface area contributed by atoms with Crippen molar-refractivity contribution in [2.24, 2.45) is 7.05 Å². The number of hydrogen-bond donors (Lipinski definition) is 0. The van der Waals surface area contributed by atoms with E-state index in [0.717, 1.165) is 54.4 Å². The maximum atomic E-state index is 12.4. The minimum Gasteiger partial charge on any atom is -0.465 e. The van der Waals surface area contributed by atoms with Crippen LogP contribution in [0.2, 0.25) is 0 Å². The van der Waals surface area contributed by atoms with E-state index in [0.29, 0.717) is 24.8 Å². The highest BCUT2D eigenvalue weighted by atomic mass is 16.7. The van der Waals surface area contributed by atoms with E-state index in [-0.39, 0.29) is 11.8 Å². The lowest BCUT2D eigenvalue weighted by Crippen LogP contribution is -2.44. The molecular weight excluding hydrogens is 358 g/mol. The molecule has 1 saturated carbocycles. The van der Waals surface area contributed by atoms with Crippen molar-refractivity contribution in [2.45, 2.75) is 51.4 Å². The summed E-state index contributed by atoms with van der Waals surface area (Å²) >= 11 is 0. The van der Waals surface area contributed by atoms with Gasteiger partial charge in [0.1, 0.15) is 0 Å². The van der Waals surface area contributed by atoms with Gasteiger partial charge in [-0.25, -0.2) is 4.79 Å². The molecule has 1 aromatic carbocycles. The highest BCUT2D eigenvalue weighted by Crippen LogP contribution is 2.41. The van der Waals surface area contributed by atoms with Crippen molar-refractivity contribution in [1.82, 2.24) is 9.78 Å². The molecule has 0 amide bonds. The Morgan fingerprint density at radius 3 is 2.64 bits per heavy atom. The molecule has 7 heteroatoms. The number of aromatic nitrogens is 2. The second kappa shape index (κ2) is 7.37. The molecule has 1 aliphatic carbocycles. The molecule has 0 bridgehead atoms. The molecule has 1 saturated heterocycles. The minimum absolute atomic E-state index is 0.312. The quantitative estimate of drug-likeness (QED) is 0.751. The Hall–Kier alpha value is -2.12. The van der Waals surface area contributed by atoms with Gasteiger partial charge < -0.3 is 19.1 Å². The van der Waals surface area contributed by atoms with E-state index in [9.17, 15) is 4.79 Å². The number of benzene rings is 1. The lowest BCUT2D eigenvalue weighted by molar-refractivity contribution is -0.178. The number of carbonyl (C=O) groups is 1. The smallest absolute Gasteiger partial charge is 0.338 e. The zero-order valence-corrected chi connectivity index (χ0v) is 17.2. The topological polar surface area (TPSA) is 65.8 Å². The highest BCUT2D eigenvalue weighted by Gasteiger charge is 2.42. The molecule has 1 spiro atoms. The third-order valence-electron chi connectivity index (χ3n) is 6.28. The molecule has 2 aromatic rings. The lowest BCUT2D eigenvalue weighted by Gasteiger charge is -2.42. The van der Waals surface area contributed by atoms with Gasteiger partial charge in [-0.3, -0.25) is 4.68 Å². The Balaban J connectivity index is 1.73. The molecule has 152 valence electrons. The normalized spacial score (nSPS) is 19.4. The zero-order valence-electron chi connectivity index (χ0n) is 17.2. The number of hydrogen-bond acceptors (Lipinski definition) is 6. The summed E-state index contributed by atoms with van der Waals surface area (Å²) in [6, 6.07) is 2.26. The molecule has 0 N–H and O–H groups in total. The molecular formula is C21H29N3O4. The second-order valence-corrected chi connectivity index (χ2v) is 7.72. The molecule has 28 heavy (non-hydrogen) atoms. The van der Waals surface area contributed by atoms with Gasteiger partial charge in [-0.05, 0) is 38.3 Å². The first-order valence-corrected chi connectivity index (χ1v) is 10.1. The number of fused-ring (bicyclic) bond motifs is 1. The third-order valence-corrected chi connectivity index (χ3v) is 6.28. The van der Waals surface area contributed by atoms with E-state index in [1.165, 1.54) is 7.11 Å². The number of nitrogens with zero attached hydrogens (tertiary/aromatic N) is 3. The zero-order chi connectivity index (χ0) is 19.9. The van der Waals surface area contributed by atoms with Crippen molar-refractivity contribution < 1.29 is 19.0 Å². The Kier molecular flexibility index (Phi) is 5.05. The monoisotopic (exact) mass is 387 g/mol. The Labute approximate surface area is 165 Å². The molecule has 0 unspecified atom stereocenters. The second-order valence-electron chi connectivity index (χ2n) is 7.72. The number of ether oxygens (including phenoxy) is 3. The van der Waals surface area contributed by atoms with Crippen molar-refractivity contribution in [3.63, 3.8) is 0 Å². The number of carbonyl (C=O) groups excluding carboxylic acids is 1. The van der Waals surface area contributed by atoms with Gasteiger partial charge >= 0.3 is 5.97 Å². The third kappa shape index (κ3) is 3.06. The van der Waals surface area contributed by atoms with Crippen molar-refractivity contribution in [3.8, 4) is 0 Å². The molecule has 2 fully saturated rings. The standard InChI is InChI=1S/C21H29N3O4/c1-5-24(15-6-8-21(9-7-15)27-10-11-28-21)19-14(2)16(20(25)26-4)12-18-17(19)13-22-23(18)3/h12-13,15H,5-11H2,1-4H3. The van der Waals surface area contributed by atoms with Crippen molar-refractivity contribution >= 4 is 22.6 Å². The number of aryl methyl sites for hydroxylation is 1. The molecule has 1 aliphatic heterocycles. The SMILES string of the molecule is CCN(c1c(C)c(C(=O)OC)cc2c1cnn2C)C1CCC2(CC1)OCCO2. The van der Waals surface area contributed by atoms with Gasteiger partial charge in [-0.2, -0.15) is 5.10 Å². The summed E-state index contributed by atoms with van der Waals surface area (Å²) in [4.78, 5) is 14.8. The lowest BCUT2D eigenvalue weighted by atomic mass is 9.88. The number of rotatable bonds is 4. The Morgan fingerprint density at radius 1 is 1.36 bits per heavy atom. The first-order valence-electron chi connectivity index (χ1n) is 10.1. The van der Waals surface area contributed by atoms with Gasteiger partial charge in [0.2, 0.25) is 0 Å². The fourth-order valence-electron chi connectivity index (χ4n) is 4.81. The van der Waals surface area contributed by atoms with E-state index in [1.54, 1.807) is 0 Å². The fraction of sp³-hybridized carbons (Fsp3) is 0.619. The first-order chi connectivity index (χ1) is 13.5. The van der Waals surface area contributed by atoms with E-state index in [2.05, 4.69) is 16.9 Å². The van der Waals surface area contributed by atoms with E-state index in [1.807, 2.05) is 30.9 Å². The van der Waals surface area contributed by atoms with Crippen LogP contribution >= 0.6 is 0 Å². The van der Waals surface area contributed by atoms with E-state index in [4.69, 9.17) is 14.2 Å². The number of methoxy groups -OCH3 is 1. The predicted molar refractivity (Wildman–Crippen MR) is 107 cm³/mol. The summed E-state index contributed by atoms with van der Waals surface area (Å²) in [5.74, 6) is -0.684. The summed E-state index contributed by atoms with van der Waals surface area (Å²) in [5.41, 5.74) is 3.57. The van der Waals surface area contributed by atoms with Crippen LogP contribution < -0.4 is 4.90 Å². The van der Waals surface area contributed by atoms with Gasteiger partial charge in [-0.1, -0.05) is 0 Å². The van der Waals surface area contributed by atoms with Gasteiger partial charge in [0.25, 0.3) is 0 Å². The molecule has 7 nitrogen and oxygen atoms in total. The van der Waals surface area contributed by atoms with Gasteiger partial charge in [0.15, 0.2) is 5.79 Å². The largest absolute Gasteiger partial charge is 0.465 e. The van der Waals surface area contributed by atoms with Crippen LogP contribution in [-0.2, 0) is 21.3 Å². The van der Waals surface area contributed by atoms with E-state index < -0.39 is 0 Å². The predicted octanol–water partition coefficient (Wildman–Crippen LogP) is 3.18. The van der Waals surface area contributed by atoms with E-state index >= 15 is 0 Å². The van der Waals surface area contributed by atoms with Crippen molar-refractivity contribution in [3.05, 3.63) is 23.4 Å². The molecule has 2 aliphatic rings. The average Bonchev–Trinajstić information content (AvgIpc) is 3.31. The van der Waals surface area contributed by atoms with Crippen LogP contribution in [0.15, 0.2) is 12.3 Å². The first kappa shape index (κ1) is 19.2. The Morgan fingerprint density at radius 2 is 2.04 bits per heavy atom. The summed E-state index contributed by atoms with van der Waals surface area (Å²) in [6.45, 7) is 6.41. The fourth-order valence-corrected chi connectivity index (χ4v) is 4.81. The van der Waals surface area contributed by atoms with Crippen molar-refractivity contribution in [2.75, 3.05) is 31.8 Å². The molecule has 0 atom stereocenters. The maximum absolute atomic E-state index is 12.4. The van der Waals surface area contributed by atoms with Crippen LogP contribution in [0.5, 0.6) is 0 Å². The Bertz CT molecular complexity index is 875. The molecule has 2 heterocycles. The van der Waals surface area contributed by atoms with Crippen LogP contribution in [0.25, 0.3) is 10.9 Å². The maximum Gasteiger partial charge on any atom is 0.338 e. The van der Waals surface area contributed by atoms with Crippen LogP contribution in [-0.4, -0.2) is 54.4 Å². The average molecular weight is 387 g/mol. The summed E-state index contributed by atoms with van der Waals surface area (Å²) in [5, 5.41) is 5.51. The van der Waals surface area contributed by atoms with Crippen LogP contribution in [0, 0.1) is 6.92 Å². The van der Waals surface area contributed by atoms with Gasteiger partial charge in [0.05, 0.1) is 43.3 Å². The molecule has 1 aromatic heterocycles. The molecule has 4 rings (SSSR count). The number of anilines is 1. The highest BCUT2D eigenvalue weighted by molar-refractivity contribution is 6.03. The summed E-state index contributed by atoms with van der Waals surface area (Å²) in [6.07, 6.45) is 5.70. The van der Waals surface area contributed by atoms with Crippen LogP contribution in [0.3, 0.4) is 0 Å². The summed E-state index contributed by atoms with van der Waals surface area (Å²) in [7, 11) is 3.33. The number of esters is 1. The van der Waals surface area contributed by atoms with Gasteiger partial charge in [-0.15, -0.1) is 0 Å². The summed E-state index contributed by atoms with van der Waals surface area (Å²) < 4.78 is 18.6. The minimum atomic E-state index is -0.373. The van der Waals surface area contributed by atoms with Crippen molar-refractivity contribution in [1.29, 1.82) is 0 Å².